The number of rotatable bonds is 5. The summed E-state index contributed by atoms with van der Waals surface area (Å²) in [5.74, 6) is 3.09. The molecule has 176 valence electrons. The number of hydrogen-bond acceptors (Lipinski definition) is 4. The Morgan fingerprint density at radius 2 is 1.72 bits per heavy atom. The second kappa shape index (κ2) is 11.0. The second-order valence-corrected chi connectivity index (χ2v) is 15.3. The summed E-state index contributed by atoms with van der Waals surface area (Å²) < 4.78 is 10.9. The Morgan fingerprint density at radius 3 is 2.22 bits per heavy atom. The first-order chi connectivity index (χ1) is 14.9. The van der Waals surface area contributed by atoms with Crippen molar-refractivity contribution < 1.29 is 19.1 Å². The smallest absolute Gasteiger partial charge is 0.410 e. The quantitative estimate of drug-likeness (QED) is 0.343. The van der Waals surface area contributed by atoms with Gasteiger partial charge in [-0.1, -0.05) is 37.7 Å². The van der Waals surface area contributed by atoms with E-state index in [2.05, 4.69) is 43.2 Å². The van der Waals surface area contributed by atoms with E-state index in [1.807, 2.05) is 39.8 Å². The molecule has 1 aromatic carbocycles. The van der Waals surface area contributed by atoms with Gasteiger partial charge in [0.05, 0.1) is 12.5 Å². The molecule has 0 spiro atoms. The van der Waals surface area contributed by atoms with Crippen molar-refractivity contribution in [1.29, 1.82) is 0 Å². The van der Waals surface area contributed by atoms with Crippen LogP contribution in [0.15, 0.2) is 24.3 Å². The van der Waals surface area contributed by atoms with Crippen LogP contribution in [0.2, 0.25) is 19.6 Å². The summed E-state index contributed by atoms with van der Waals surface area (Å²) in [6.45, 7) is 15.7. The molecular formula is C26H39NO4Si. The number of hydrogen-bond donors (Lipinski definition) is 0. The number of benzene rings is 1. The van der Waals surface area contributed by atoms with Crippen LogP contribution >= 0.6 is 0 Å². The molecule has 0 aromatic heterocycles. The molecule has 32 heavy (non-hydrogen) atoms. The third-order valence-corrected chi connectivity index (χ3v) is 6.22. The first-order valence-electron chi connectivity index (χ1n) is 11.6. The normalized spacial score (nSPS) is 16.0. The van der Waals surface area contributed by atoms with Crippen molar-refractivity contribution in [3.63, 3.8) is 0 Å². The highest BCUT2D eigenvalue weighted by molar-refractivity contribution is 6.83. The molecule has 1 saturated heterocycles. The summed E-state index contributed by atoms with van der Waals surface area (Å²) in [6.07, 6.45) is 1.89. The third-order valence-electron chi connectivity index (χ3n) is 5.34. The Hall–Kier alpha value is -2.26. The van der Waals surface area contributed by atoms with Gasteiger partial charge in [0.25, 0.3) is 0 Å². The third kappa shape index (κ3) is 8.70. The minimum atomic E-state index is -1.41. The van der Waals surface area contributed by atoms with Crippen molar-refractivity contribution in [3.8, 4) is 11.5 Å². The molecule has 1 fully saturated rings. The second-order valence-electron chi connectivity index (χ2n) is 10.6. The van der Waals surface area contributed by atoms with E-state index in [0.717, 1.165) is 24.0 Å². The Balaban J connectivity index is 2.05. The molecule has 2 rings (SSSR count). The zero-order valence-corrected chi connectivity index (χ0v) is 21.8. The Kier molecular flexibility index (Phi) is 8.97. The van der Waals surface area contributed by atoms with Crippen molar-refractivity contribution >= 4 is 20.1 Å². The highest BCUT2D eigenvalue weighted by atomic mass is 28.3. The number of amides is 1. The minimum absolute atomic E-state index is 0.147. The summed E-state index contributed by atoms with van der Waals surface area (Å²) >= 11 is 0. The largest absolute Gasteiger partial charge is 0.466 e. The van der Waals surface area contributed by atoms with E-state index in [1.165, 1.54) is 0 Å². The predicted molar refractivity (Wildman–Crippen MR) is 131 cm³/mol. The topological polar surface area (TPSA) is 55.8 Å². The van der Waals surface area contributed by atoms with Crippen molar-refractivity contribution in [2.45, 2.75) is 72.2 Å². The van der Waals surface area contributed by atoms with Crippen molar-refractivity contribution in [3.05, 3.63) is 35.4 Å². The zero-order valence-electron chi connectivity index (χ0n) is 20.8. The fourth-order valence-corrected chi connectivity index (χ4v) is 4.26. The molecule has 0 saturated carbocycles. The molecular weight excluding hydrogens is 418 g/mol. The average molecular weight is 458 g/mol. The molecule has 0 bridgehead atoms. The van der Waals surface area contributed by atoms with E-state index in [4.69, 9.17) is 9.47 Å². The molecule has 1 aliphatic rings. The van der Waals surface area contributed by atoms with Crippen LogP contribution in [-0.4, -0.2) is 50.3 Å². The average Bonchev–Trinajstić information content (AvgIpc) is 2.70. The molecule has 0 radical (unpaired) electrons. The van der Waals surface area contributed by atoms with Gasteiger partial charge in [0.1, 0.15) is 13.7 Å². The van der Waals surface area contributed by atoms with Crippen LogP contribution in [0.3, 0.4) is 0 Å². The Labute approximate surface area is 194 Å². The van der Waals surface area contributed by atoms with E-state index in [9.17, 15) is 9.59 Å². The van der Waals surface area contributed by atoms with E-state index in [-0.39, 0.29) is 23.9 Å². The van der Waals surface area contributed by atoms with Crippen LogP contribution in [0.1, 0.15) is 51.7 Å². The highest BCUT2D eigenvalue weighted by Crippen LogP contribution is 2.30. The van der Waals surface area contributed by atoms with Gasteiger partial charge in [-0.05, 0) is 70.6 Å². The lowest BCUT2D eigenvalue weighted by Crippen LogP contribution is -2.44. The number of nitrogens with zero attached hydrogens (tertiary/aromatic N) is 1. The molecule has 1 aliphatic heterocycles. The number of carbonyl (C=O) groups is 2. The molecule has 1 atom stereocenters. The first-order valence-corrected chi connectivity index (χ1v) is 15.1. The molecule has 0 N–H and O–H groups in total. The molecule has 5 nitrogen and oxygen atoms in total. The van der Waals surface area contributed by atoms with Crippen molar-refractivity contribution in [1.82, 2.24) is 4.90 Å². The lowest BCUT2D eigenvalue weighted by atomic mass is 9.80. The molecule has 1 amide bonds. The van der Waals surface area contributed by atoms with Gasteiger partial charge in [-0.3, -0.25) is 4.79 Å². The van der Waals surface area contributed by atoms with Gasteiger partial charge < -0.3 is 14.4 Å². The molecule has 6 heteroatoms. The van der Waals surface area contributed by atoms with E-state index < -0.39 is 13.7 Å². The maximum Gasteiger partial charge on any atom is 0.410 e. The highest BCUT2D eigenvalue weighted by Gasteiger charge is 2.34. The van der Waals surface area contributed by atoms with Crippen LogP contribution in [0.5, 0.6) is 0 Å². The van der Waals surface area contributed by atoms with Crippen LogP contribution in [-0.2, 0) is 20.7 Å². The molecule has 1 heterocycles. The SMILES string of the molecule is CCOC(=O)C(Cc1ccc(C#C[Si](C)(C)C)cc1)C1CCN(C(=O)OC(C)(C)C)CC1. The van der Waals surface area contributed by atoms with E-state index in [1.54, 1.807) is 4.90 Å². The maximum atomic E-state index is 12.8. The van der Waals surface area contributed by atoms with Crippen molar-refractivity contribution in [2.24, 2.45) is 11.8 Å². The lowest BCUT2D eigenvalue weighted by molar-refractivity contribution is -0.150. The Bertz CT molecular complexity index is 832. The minimum Gasteiger partial charge on any atom is -0.466 e. The Morgan fingerprint density at radius 1 is 1.12 bits per heavy atom. The fraction of sp³-hybridized carbons (Fsp3) is 0.615. The van der Waals surface area contributed by atoms with Gasteiger partial charge in [-0.2, -0.15) is 0 Å². The van der Waals surface area contributed by atoms with Gasteiger partial charge >= 0.3 is 12.1 Å². The monoisotopic (exact) mass is 457 g/mol. The number of piperidine rings is 1. The van der Waals surface area contributed by atoms with Gasteiger partial charge in [-0.15, -0.1) is 5.54 Å². The van der Waals surface area contributed by atoms with Gasteiger partial charge in [0.2, 0.25) is 0 Å². The van der Waals surface area contributed by atoms with Gasteiger partial charge in [0, 0.05) is 18.7 Å². The van der Waals surface area contributed by atoms with E-state index >= 15 is 0 Å². The summed E-state index contributed by atoms with van der Waals surface area (Å²) in [5.41, 5.74) is 4.99. The van der Waals surface area contributed by atoms with Crippen LogP contribution in [0.25, 0.3) is 0 Å². The fourth-order valence-electron chi connectivity index (χ4n) is 3.74. The summed E-state index contributed by atoms with van der Waals surface area (Å²) in [7, 11) is -1.41. The number of esters is 1. The first kappa shape index (κ1) is 26.0. The standard InChI is InChI=1S/C26H39NO4Si/c1-8-30-24(28)23(19-21-11-9-20(10-12-21)15-18-32(5,6)7)22-13-16-27(17-14-22)25(29)31-26(2,3)4/h9-12,22-23H,8,13-14,16-17,19H2,1-7H3. The van der Waals surface area contributed by atoms with Crippen LogP contribution < -0.4 is 0 Å². The molecule has 1 aromatic rings. The van der Waals surface area contributed by atoms with Crippen LogP contribution in [0.4, 0.5) is 4.79 Å². The van der Waals surface area contributed by atoms with E-state index in [0.29, 0.717) is 26.1 Å². The molecule has 1 unspecified atom stereocenters. The maximum absolute atomic E-state index is 12.8. The van der Waals surface area contributed by atoms with Crippen molar-refractivity contribution in [2.75, 3.05) is 19.7 Å². The van der Waals surface area contributed by atoms with Gasteiger partial charge in [0.15, 0.2) is 0 Å². The number of carbonyl (C=O) groups excluding carboxylic acids is 2. The van der Waals surface area contributed by atoms with Crippen LogP contribution in [0, 0.1) is 23.3 Å². The number of ether oxygens (including phenoxy) is 2. The number of likely N-dealkylation sites (tertiary alicyclic amines) is 1. The predicted octanol–water partition coefficient (Wildman–Crippen LogP) is 5.28. The summed E-state index contributed by atoms with van der Waals surface area (Å²) in [5, 5.41) is 0. The zero-order chi connectivity index (χ0) is 23.9. The molecule has 0 aliphatic carbocycles. The van der Waals surface area contributed by atoms with Gasteiger partial charge in [-0.25, -0.2) is 4.79 Å². The summed E-state index contributed by atoms with van der Waals surface area (Å²) in [4.78, 5) is 26.9. The lowest BCUT2D eigenvalue weighted by Gasteiger charge is -2.36. The summed E-state index contributed by atoms with van der Waals surface area (Å²) in [6, 6.07) is 8.21.